The monoisotopic (exact) mass is 596 g/mol. The van der Waals surface area contributed by atoms with Crippen LogP contribution in [0.25, 0.3) is 32.3 Å². The molecule has 4 aromatic rings. The Kier molecular flexibility index (Phi) is 7.70. The molecule has 0 nitrogen and oxygen atoms in total. The molecule has 4 rings (SSSR count). The third-order valence-corrected chi connectivity index (χ3v) is 13.4. The quantitative estimate of drug-likeness (QED) is 0.159. The minimum absolute atomic E-state index is 0.00113. The van der Waals surface area contributed by atoms with Gasteiger partial charge in [0.15, 0.2) is 0 Å². The van der Waals surface area contributed by atoms with Crippen molar-refractivity contribution >= 4 is 58.8 Å². The van der Waals surface area contributed by atoms with Crippen LogP contribution in [0.3, 0.4) is 0 Å². The lowest BCUT2D eigenvalue weighted by atomic mass is 9.69. The Morgan fingerprint density at radius 2 is 0.619 bits per heavy atom. The average molecular weight is 597 g/mol. The molecule has 0 unspecified atom stereocenters. The summed E-state index contributed by atoms with van der Waals surface area (Å²) < 4.78 is 0. The zero-order valence-electron chi connectivity index (χ0n) is 30.5. The van der Waals surface area contributed by atoms with E-state index in [9.17, 15) is 0 Å². The third-order valence-electron chi connectivity index (χ3n) is 9.08. The molecular weight excluding hydrogens is 537 g/mol. The van der Waals surface area contributed by atoms with Gasteiger partial charge in [0.1, 0.15) is 0 Å². The Balaban J connectivity index is 2.40. The van der Waals surface area contributed by atoms with Gasteiger partial charge in [-0.05, 0) is 100 Å². The molecule has 0 saturated carbocycles. The highest BCUT2D eigenvalue weighted by Crippen LogP contribution is 2.47. The number of hydrogen-bond acceptors (Lipinski definition) is 0. The van der Waals surface area contributed by atoms with Gasteiger partial charge in [0.05, 0.1) is 16.1 Å². The van der Waals surface area contributed by atoms with E-state index >= 15 is 0 Å². The fourth-order valence-electron chi connectivity index (χ4n) is 7.16. The first-order valence-corrected chi connectivity index (χ1v) is 23.2. The van der Waals surface area contributed by atoms with Crippen molar-refractivity contribution in [3.63, 3.8) is 0 Å². The first kappa shape index (κ1) is 33.0. The molecule has 0 aliphatic heterocycles. The summed E-state index contributed by atoms with van der Waals surface area (Å²) in [6.07, 6.45) is 0. The van der Waals surface area contributed by atoms with Crippen LogP contribution in [0.4, 0.5) is 0 Å². The van der Waals surface area contributed by atoms with Crippen molar-refractivity contribution in [3.05, 3.63) is 58.7 Å². The van der Waals surface area contributed by atoms with Crippen LogP contribution in [-0.2, 0) is 21.7 Å². The summed E-state index contributed by atoms with van der Waals surface area (Å²) in [6, 6.07) is 15.5. The molecule has 0 amide bonds. The van der Waals surface area contributed by atoms with Gasteiger partial charge in [0.25, 0.3) is 0 Å². The van der Waals surface area contributed by atoms with Crippen LogP contribution in [0.15, 0.2) is 36.4 Å². The van der Waals surface area contributed by atoms with Crippen LogP contribution in [0, 0.1) is 0 Å². The van der Waals surface area contributed by atoms with E-state index in [2.05, 4.69) is 159 Å². The van der Waals surface area contributed by atoms with E-state index in [1.165, 1.54) is 54.6 Å². The van der Waals surface area contributed by atoms with E-state index < -0.39 is 16.1 Å². The third kappa shape index (κ3) is 5.92. The van der Waals surface area contributed by atoms with E-state index in [4.69, 9.17) is 0 Å². The normalized spacial score (nSPS) is 14.4. The topological polar surface area (TPSA) is 0 Å². The fourth-order valence-corrected chi connectivity index (χ4v) is 12.4. The highest BCUT2D eigenvalue weighted by Gasteiger charge is 2.33. The Labute approximate surface area is 260 Å². The van der Waals surface area contributed by atoms with Gasteiger partial charge in [-0.3, -0.25) is 0 Å². The number of rotatable bonds is 2. The summed E-state index contributed by atoms with van der Waals surface area (Å²) in [5.74, 6) is 0. The van der Waals surface area contributed by atoms with Gasteiger partial charge in [-0.1, -0.05) is 145 Å². The van der Waals surface area contributed by atoms with Crippen molar-refractivity contribution in [2.24, 2.45) is 0 Å². The molecule has 0 aliphatic rings. The predicted molar refractivity (Wildman–Crippen MR) is 200 cm³/mol. The smallest absolute Gasteiger partial charge is 0.0656 e. The molecule has 0 fully saturated rings. The van der Waals surface area contributed by atoms with Gasteiger partial charge in [0, 0.05) is 0 Å². The highest BCUT2D eigenvalue weighted by molar-refractivity contribution is 6.98. The first-order valence-electron chi connectivity index (χ1n) is 16.2. The zero-order valence-corrected chi connectivity index (χ0v) is 32.5. The Morgan fingerprint density at radius 1 is 0.357 bits per heavy atom. The predicted octanol–water partition coefficient (Wildman–Crippen LogP) is 11.4. The van der Waals surface area contributed by atoms with Crippen molar-refractivity contribution < 1.29 is 0 Å². The minimum Gasteiger partial charge on any atom is -0.0656 e. The van der Waals surface area contributed by atoms with Gasteiger partial charge < -0.3 is 0 Å². The summed E-state index contributed by atoms with van der Waals surface area (Å²) >= 11 is 0. The van der Waals surface area contributed by atoms with E-state index in [1.807, 2.05) is 0 Å². The summed E-state index contributed by atoms with van der Waals surface area (Å²) in [7, 11) is -3.05. The maximum absolute atomic E-state index is 2.60. The van der Waals surface area contributed by atoms with Gasteiger partial charge >= 0.3 is 0 Å². The van der Waals surface area contributed by atoms with Crippen molar-refractivity contribution in [1.29, 1.82) is 0 Å². The lowest BCUT2D eigenvalue weighted by Crippen LogP contribution is -2.56. The molecule has 0 aromatic heterocycles. The lowest BCUT2D eigenvalue weighted by molar-refractivity contribution is 0.530. The molecule has 4 aromatic carbocycles. The van der Waals surface area contributed by atoms with Crippen LogP contribution in [0.1, 0.15) is 105 Å². The zero-order chi connectivity index (χ0) is 32.2. The second-order valence-electron chi connectivity index (χ2n) is 19.3. The van der Waals surface area contributed by atoms with Crippen molar-refractivity contribution in [1.82, 2.24) is 0 Å². The van der Waals surface area contributed by atoms with Crippen LogP contribution in [0.5, 0.6) is 0 Å². The molecule has 0 saturated heterocycles. The lowest BCUT2D eigenvalue weighted by Gasteiger charge is -2.35. The molecule has 2 heteroatoms. The number of benzene rings is 4. The molecule has 0 radical (unpaired) electrons. The van der Waals surface area contributed by atoms with Gasteiger partial charge in [-0.15, -0.1) is 0 Å². The summed E-state index contributed by atoms with van der Waals surface area (Å²) in [5, 5.41) is 11.9. The molecular formula is C40H60Si2. The molecule has 0 aliphatic carbocycles. The molecule has 0 heterocycles. The standard InChI is InChI=1S/C40H60Si2/c1-37(2,3)31-23-29-30(24-32(31)38(4,5)6)36(40(10,11)12)28-20-26-22-34(42(16,17)18)33(41(13,14)15)21-25(26)19-27(28)35(29)39(7,8)9/h19-24H,1-18H3. The summed E-state index contributed by atoms with van der Waals surface area (Å²) in [6.45, 7) is 43.9. The molecule has 0 N–H and O–H groups in total. The van der Waals surface area contributed by atoms with Gasteiger partial charge in [0.2, 0.25) is 0 Å². The van der Waals surface area contributed by atoms with E-state index in [-0.39, 0.29) is 21.7 Å². The Morgan fingerprint density at radius 3 is 0.833 bits per heavy atom. The first-order chi connectivity index (χ1) is 18.6. The number of fused-ring (bicyclic) bond motifs is 3. The largest absolute Gasteiger partial charge is 0.0774 e. The fraction of sp³-hybridized carbons (Fsp3) is 0.550. The van der Waals surface area contributed by atoms with Crippen LogP contribution in [-0.4, -0.2) is 16.1 Å². The van der Waals surface area contributed by atoms with Crippen molar-refractivity contribution in [3.8, 4) is 0 Å². The molecule has 228 valence electrons. The minimum atomic E-state index is -1.53. The van der Waals surface area contributed by atoms with Crippen LogP contribution < -0.4 is 10.4 Å². The van der Waals surface area contributed by atoms with Crippen LogP contribution >= 0.6 is 0 Å². The second kappa shape index (κ2) is 9.80. The van der Waals surface area contributed by atoms with Gasteiger partial charge in [-0.2, -0.15) is 0 Å². The van der Waals surface area contributed by atoms with E-state index in [0.29, 0.717) is 0 Å². The SMILES string of the molecule is CC(C)(C)c1cc2c(C(C)(C)C)c3cc4cc([Si](C)(C)C)c([Si](C)(C)C)cc4cc3c(C(C)(C)C)c2cc1C(C)(C)C. The summed E-state index contributed by atoms with van der Waals surface area (Å²) in [4.78, 5) is 0. The van der Waals surface area contributed by atoms with Crippen molar-refractivity contribution in [2.75, 3.05) is 0 Å². The van der Waals surface area contributed by atoms with Crippen molar-refractivity contribution in [2.45, 2.75) is 144 Å². The van der Waals surface area contributed by atoms with Crippen LogP contribution in [0.2, 0.25) is 39.3 Å². The molecule has 0 bridgehead atoms. The molecule has 42 heavy (non-hydrogen) atoms. The highest BCUT2D eigenvalue weighted by atomic mass is 28.3. The average Bonchev–Trinajstić information content (AvgIpc) is 2.75. The van der Waals surface area contributed by atoms with E-state index in [0.717, 1.165) is 0 Å². The number of hydrogen-bond donors (Lipinski definition) is 0. The molecule has 0 spiro atoms. The maximum atomic E-state index is 2.60. The van der Waals surface area contributed by atoms with E-state index in [1.54, 1.807) is 10.4 Å². The molecule has 0 atom stereocenters. The Hall–Kier alpha value is -1.91. The Bertz CT molecular complexity index is 1560. The maximum Gasteiger partial charge on any atom is 0.0774 e. The second-order valence-corrected chi connectivity index (χ2v) is 29.4. The van der Waals surface area contributed by atoms with Gasteiger partial charge in [-0.25, -0.2) is 0 Å². The summed E-state index contributed by atoms with van der Waals surface area (Å²) in [5.41, 5.74) is 6.08.